The second-order valence-corrected chi connectivity index (χ2v) is 7.14. The summed E-state index contributed by atoms with van der Waals surface area (Å²) >= 11 is 0. The van der Waals surface area contributed by atoms with Crippen LogP contribution in [0.4, 0.5) is 0 Å². The first-order valence-corrected chi connectivity index (χ1v) is 9.05. The van der Waals surface area contributed by atoms with Gasteiger partial charge in [-0.3, -0.25) is 8.89 Å². The van der Waals surface area contributed by atoms with Gasteiger partial charge in [0.1, 0.15) is 0 Å². The third-order valence-corrected chi connectivity index (χ3v) is 4.92. The Kier molecular flexibility index (Phi) is 4.71. The molecule has 0 saturated carbocycles. The molecule has 0 amide bonds. The molecule has 5 nitrogen and oxygen atoms in total. The van der Waals surface area contributed by atoms with E-state index in [1.54, 1.807) is 6.20 Å². The van der Waals surface area contributed by atoms with Gasteiger partial charge in [0.05, 0.1) is 17.9 Å². The van der Waals surface area contributed by atoms with Crippen LogP contribution in [0.3, 0.4) is 0 Å². The number of hydrogen-bond acceptors (Lipinski definition) is 3. The Morgan fingerprint density at radius 1 is 1.17 bits per heavy atom. The molecule has 23 heavy (non-hydrogen) atoms. The average molecular weight is 328 g/mol. The highest BCUT2D eigenvalue weighted by atomic mass is 32.2. The molecule has 0 saturated heterocycles. The molecule has 0 fully saturated rings. The topological polar surface area (TPSA) is 52.7 Å². The first-order chi connectivity index (χ1) is 11.1. The van der Waals surface area contributed by atoms with Gasteiger partial charge in [0.25, 0.3) is 0 Å². The predicted octanol–water partition coefficient (Wildman–Crippen LogP) is 2.63. The molecule has 0 N–H and O–H groups in total. The van der Waals surface area contributed by atoms with Gasteiger partial charge in [0.2, 0.25) is 0 Å². The summed E-state index contributed by atoms with van der Waals surface area (Å²) in [5, 5.41) is 8.60. The molecule has 120 valence electrons. The lowest BCUT2D eigenvalue weighted by atomic mass is 10.2. The summed E-state index contributed by atoms with van der Waals surface area (Å²) in [5.41, 5.74) is 4.22. The molecule has 2 aromatic heterocycles. The average Bonchev–Trinajstić information content (AvgIpc) is 3.15. The minimum absolute atomic E-state index is 0.568. The Morgan fingerprint density at radius 3 is 2.57 bits per heavy atom. The van der Waals surface area contributed by atoms with E-state index in [9.17, 15) is 4.21 Å². The van der Waals surface area contributed by atoms with E-state index in [2.05, 4.69) is 16.3 Å². The molecule has 0 spiro atoms. The van der Waals surface area contributed by atoms with Gasteiger partial charge in [-0.05, 0) is 43.7 Å². The van der Waals surface area contributed by atoms with Crippen LogP contribution in [0.2, 0.25) is 0 Å². The van der Waals surface area contributed by atoms with Crippen molar-refractivity contribution >= 4 is 10.8 Å². The van der Waals surface area contributed by atoms with Gasteiger partial charge in [-0.25, -0.2) is 4.68 Å². The molecule has 0 radical (unpaired) electrons. The highest BCUT2D eigenvalue weighted by Gasteiger charge is 2.06. The zero-order valence-corrected chi connectivity index (χ0v) is 14.2. The SMILES string of the molecule is Cc1cc(C)n(-c2ccc(C[S@](=O)CCn3cccn3)cc2)n1. The van der Waals surface area contributed by atoms with E-state index in [4.69, 9.17) is 0 Å². The highest BCUT2D eigenvalue weighted by molar-refractivity contribution is 7.84. The largest absolute Gasteiger partial charge is 0.272 e. The first-order valence-electron chi connectivity index (χ1n) is 7.57. The standard InChI is InChI=1S/C17H20N4OS/c1-14-12-15(2)21(19-14)17-6-4-16(5-7-17)13-23(22)11-10-20-9-3-8-18-20/h3-9,12H,10-11,13H2,1-2H3/t23-/m1/s1. The van der Waals surface area contributed by atoms with Crippen LogP contribution in [-0.4, -0.2) is 29.5 Å². The normalized spacial score (nSPS) is 12.4. The molecule has 0 aliphatic carbocycles. The summed E-state index contributed by atoms with van der Waals surface area (Å²) in [5.74, 6) is 1.18. The summed E-state index contributed by atoms with van der Waals surface area (Å²) in [7, 11) is -0.890. The molecule has 0 aliphatic rings. The Balaban J connectivity index is 1.61. The van der Waals surface area contributed by atoms with Crippen LogP contribution in [0.5, 0.6) is 0 Å². The van der Waals surface area contributed by atoms with Gasteiger partial charge in [0.15, 0.2) is 0 Å². The second kappa shape index (κ2) is 6.91. The lowest BCUT2D eigenvalue weighted by Crippen LogP contribution is -2.09. The minimum atomic E-state index is -0.890. The molecule has 0 bridgehead atoms. The monoisotopic (exact) mass is 328 g/mol. The van der Waals surface area contributed by atoms with Crippen LogP contribution in [0, 0.1) is 13.8 Å². The van der Waals surface area contributed by atoms with E-state index in [1.807, 2.05) is 59.7 Å². The predicted molar refractivity (Wildman–Crippen MR) is 92.0 cm³/mol. The van der Waals surface area contributed by atoms with E-state index >= 15 is 0 Å². The third-order valence-electron chi connectivity index (χ3n) is 3.63. The van der Waals surface area contributed by atoms with Crippen LogP contribution in [0.1, 0.15) is 17.0 Å². The maximum Gasteiger partial charge on any atom is 0.0648 e. The van der Waals surface area contributed by atoms with Gasteiger partial charge in [-0.1, -0.05) is 12.1 Å². The van der Waals surface area contributed by atoms with E-state index in [0.717, 1.165) is 22.6 Å². The Hall–Kier alpha value is -2.21. The van der Waals surface area contributed by atoms with E-state index in [-0.39, 0.29) is 0 Å². The zero-order valence-electron chi connectivity index (χ0n) is 13.3. The molecule has 0 unspecified atom stereocenters. The second-order valence-electron chi connectivity index (χ2n) is 5.56. The number of nitrogens with zero attached hydrogens (tertiary/aromatic N) is 4. The van der Waals surface area contributed by atoms with Crippen LogP contribution >= 0.6 is 0 Å². The van der Waals surface area contributed by atoms with Crippen LogP contribution < -0.4 is 0 Å². The molecular formula is C17H20N4OS. The maximum atomic E-state index is 12.2. The summed E-state index contributed by atoms with van der Waals surface area (Å²) < 4.78 is 15.9. The molecule has 2 heterocycles. The smallest absolute Gasteiger partial charge is 0.0648 e. The minimum Gasteiger partial charge on any atom is -0.272 e. The molecule has 6 heteroatoms. The van der Waals surface area contributed by atoms with E-state index < -0.39 is 10.8 Å². The Bertz CT molecular complexity index is 791. The summed E-state index contributed by atoms with van der Waals surface area (Å²) in [6, 6.07) is 12.0. The van der Waals surface area contributed by atoms with Crippen LogP contribution in [-0.2, 0) is 23.1 Å². The van der Waals surface area contributed by atoms with Crippen molar-refractivity contribution in [2.75, 3.05) is 5.75 Å². The molecule has 3 rings (SSSR count). The lowest BCUT2D eigenvalue weighted by Gasteiger charge is -2.07. The molecule has 1 aromatic carbocycles. The van der Waals surface area contributed by atoms with Gasteiger partial charge in [-0.2, -0.15) is 10.2 Å². The zero-order chi connectivity index (χ0) is 16.2. The van der Waals surface area contributed by atoms with Crippen molar-refractivity contribution in [1.29, 1.82) is 0 Å². The van der Waals surface area contributed by atoms with Crippen molar-refractivity contribution in [1.82, 2.24) is 19.6 Å². The number of aromatic nitrogens is 4. The van der Waals surface area contributed by atoms with Crippen molar-refractivity contribution in [3.63, 3.8) is 0 Å². The molecule has 1 atom stereocenters. The van der Waals surface area contributed by atoms with Crippen molar-refractivity contribution in [2.24, 2.45) is 0 Å². The maximum absolute atomic E-state index is 12.2. The summed E-state index contributed by atoms with van der Waals surface area (Å²) in [4.78, 5) is 0. The van der Waals surface area contributed by atoms with Gasteiger partial charge in [0, 0.05) is 40.4 Å². The van der Waals surface area contributed by atoms with E-state index in [1.165, 1.54) is 0 Å². The molecule has 3 aromatic rings. The van der Waals surface area contributed by atoms with Crippen molar-refractivity contribution in [3.05, 3.63) is 65.7 Å². The number of aryl methyl sites for hydroxylation is 3. The Morgan fingerprint density at radius 2 is 1.96 bits per heavy atom. The lowest BCUT2D eigenvalue weighted by molar-refractivity contribution is 0.643. The summed E-state index contributed by atoms with van der Waals surface area (Å²) in [6.07, 6.45) is 3.63. The van der Waals surface area contributed by atoms with Gasteiger partial charge < -0.3 is 0 Å². The number of benzene rings is 1. The summed E-state index contributed by atoms with van der Waals surface area (Å²) in [6.45, 7) is 4.71. The van der Waals surface area contributed by atoms with E-state index in [0.29, 0.717) is 18.1 Å². The number of rotatable bonds is 6. The van der Waals surface area contributed by atoms with Gasteiger partial charge >= 0.3 is 0 Å². The molecular weight excluding hydrogens is 308 g/mol. The fraction of sp³-hybridized carbons (Fsp3) is 0.294. The van der Waals surface area contributed by atoms with Crippen LogP contribution in [0.15, 0.2) is 48.8 Å². The van der Waals surface area contributed by atoms with Crippen molar-refractivity contribution in [3.8, 4) is 5.69 Å². The van der Waals surface area contributed by atoms with Gasteiger partial charge in [-0.15, -0.1) is 0 Å². The quantitative estimate of drug-likeness (QED) is 0.699. The van der Waals surface area contributed by atoms with Crippen molar-refractivity contribution in [2.45, 2.75) is 26.1 Å². The Labute approximate surface area is 138 Å². The fourth-order valence-corrected chi connectivity index (χ4v) is 3.61. The van der Waals surface area contributed by atoms with Crippen molar-refractivity contribution < 1.29 is 4.21 Å². The fourth-order valence-electron chi connectivity index (χ4n) is 2.51. The van der Waals surface area contributed by atoms with Crippen LogP contribution in [0.25, 0.3) is 5.69 Å². The third kappa shape index (κ3) is 3.96. The highest BCUT2D eigenvalue weighted by Crippen LogP contribution is 2.14. The number of hydrogen-bond donors (Lipinski definition) is 0. The molecule has 0 aliphatic heterocycles. The first kappa shape index (κ1) is 15.7.